The van der Waals surface area contributed by atoms with Crippen molar-refractivity contribution < 1.29 is 14.3 Å². The van der Waals surface area contributed by atoms with Crippen LogP contribution in [0.15, 0.2) is 0 Å². The summed E-state index contributed by atoms with van der Waals surface area (Å²) in [4.78, 5) is 22.1. The topological polar surface area (TPSA) is 81.4 Å². The quantitative estimate of drug-likeness (QED) is 0.618. The SMILES string of the molecule is COC(C)C(=O)NC(C)(C)C(N)=O. The number of methoxy groups -OCH3 is 1. The van der Waals surface area contributed by atoms with Crippen LogP contribution in [0.2, 0.25) is 0 Å². The van der Waals surface area contributed by atoms with Crippen molar-refractivity contribution in [3.05, 3.63) is 0 Å². The van der Waals surface area contributed by atoms with Gasteiger partial charge in [0.15, 0.2) is 0 Å². The molecule has 0 bridgehead atoms. The van der Waals surface area contributed by atoms with Crippen molar-refractivity contribution >= 4 is 11.8 Å². The molecule has 0 aromatic carbocycles. The van der Waals surface area contributed by atoms with Crippen molar-refractivity contribution in [3.8, 4) is 0 Å². The van der Waals surface area contributed by atoms with E-state index in [4.69, 9.17) is 10.5 Å². The minimum atomic E-state index is -1.04. The molecule has 0 saturated carbocycles. The van der Waals surface area contributed by atoms with E-state index in [1.807, 2.05) is 0 Å². The number of primary amides is 1. The highest BCUT2D eigenvalue weighted by molar-refractivity contribution is 5.90. The van der Waals surface area contributed by atoms with Gasteiger partial charge in [0.05, 0.1) is 0 Å². The summed E-state index contributed by atoms with van der Waals surface area (Å²) in [6, 6.07) is 0. The van der Waals surface area contributed by atoms with Crippen LogP contribution in [0.5, 0.6) is 0 Å². The maximum absolute atomic E-state index is 11.3. The summed E-state index contributed by atoms with van der Waals surface area (Å²) in [6.45, 7) is 4.66. The average molecular weight is 188 g/mol. The first-order valence-corrected chi connectivity index (χ1v) is 3.96. The van der Waals surface area contributed by atoms with Gasteiger partial charge in [-0.15, -0.1) is 0 Å². The minimum Gasteiger partial charge on any atom is -0.372 e. The standard InChI is InChI=1S/C8H16N2O3/c1-5(13-4)6(11)10-8(2,3)7(9)12/h5H,1-4H3,(H2,9,12)(H,10,11). The first kappa shape index (κ1) is 11.9. The molecule has 13 heavy (non-hydrogen) atoms. The van der Waals surface area contributed by atoms with Crippen LogP contribution >= 0.6 is 0 Å². The largest absolute Gasteiger partial charge is 0.372 e. The molecule has 0 aromatic heterocycles. The van der Waals surface area contributed by atoms with E-state index < -0.39 is 17.6 Å². The van der Waals surface area contributed by atoms with Crippen LogP contribution in [0.25, 0.3) is 0 Å². The molecule has 5 nitrogen and oxygen atoms in total. The number of hydrogen-bond donors (Lipinski definition) is 2. The fraction of sp³-hybridized carbons (Fsp3) is 0.750. The Balaban J connectivity index is 4.28. The van der Waals surface area contributed by atoms with Crippen LogP contribution in [-0.2, 0) is 14.3 Å². The molecule has 76 valence electrons. The second kappa shape index (κ2) is 4.23. The molecule has 1 atom stereocenters. The van der Waals surface area contributed by atoms with Crippen molar-refractivity contribution in [2.75, 3.05) is 7.11 Å². The Bertz CT molecular complexity index is 213. The molecule has 0 saturated heterocycles. The van der Waals surface area contributed by atoms with Gasteiger partial charge >= 0.3 is 0 Å². The number of carbonyl (C=O) groups is 2. The second-order valence-corrected chi connectivity index (χ2v) is 3.36. The molecular formula is C8H16N2O3. The highest BCUT2D eigenvalue weighted by Crippen LogP contribution is 2.01. The average Bonchev–Trinajstić information content (AvgIpc) is 2.01. The van der Waals surface area contributed by atoms with E-state index >= 15 is 0 Å². The fourth-order valence-corrected chi connectivity index (χ4v) is 0.578. The van der Waals surface area contributed by atoms with Crippen LogP contribution in [0, 0.1) is 0 Å². The Morgan fingerprint density at radius 1 is 1.46 bits per heavy atom. The zero-order valence-corrected chi connectivity index (χ0v) is 8.38. The first-order chi connectivity index (χ1) is 5.81. The van der Waals surface area contributed by atoms with Gasteiger partial charge < -0.3 is 15.8 Å². The molecule has 0 aliphatic heterocycles. The summed E-state index contributed by atoms with van der Waals surface area (Å²) in [5.74, 6) is -0.935. The summed E-state index contributed by atoms with van der Waals surface area (Å²) < 4.78 is 4.77. The highest BCUT2D eigenvalue weighted by atomic mass is 16.5. The van der Waals surface area contributed by atoms with Crippen molar-refractivity contribution in [3.63, 3.8) is 0 Å². The van der Waals surface area contributed by atoms with Gasteiger partial charge in [-0.3, -0.25) is 9.59 Å². The molecule has 0 fully saturated rings. The van der Waals surface area contributed by atoms with Crippen molar-refractivity contribution in [1.29, 1.82) is 0 Å². The predicted molar refractivity (Wildman–Crippen MR) is 47.9 cm³/mol. The van der Waals surface area contributed by atoms with Gasteiger partial charge in [-0.05, 0) is 20.8 Å². The number of carbonyl (C=O) groups excluding carboxylic acids is 2. The third kappa shape index (κ3) is 3.42. The lowest BCUT2D eigenvalue weighted by Crippen LogP contribution is -2.55. The molecule has 0 aromatic rings. The summed E-state index contributed by atoms with van der Waals surface area (Å²) in [7, 11) is 1.42. The Morgan fingerprint density at radius 3 is 2.23 bits per heavy atom. The van der Waals surface area contributed by atoms with E-state index in [0.717, 1.165) is 0 Å². The minimum absolute atomic E-state index is 0.355. The monoisotopic (exact) mass is 188 g/mol. The van der Waals surface area contributed by atoms with Crippen LogP contribution < -0.4 is 11.1 Å². The summed E-state index contributed by atoms with van der Waals surface area (Å²) in [5.41, 5.74) is 4.03. The van der Waals surface area contributed by atoms with Gasteiger partial charge in [-0.2, -0.15) is 0 Å². The first-order valence-electron chi connectivity index (χ1n) is 3.96. The number of hydrogen-bond acceptors (Lipinski definition) is 3. The highest BCUT2D eigenvalue weighted by Gasteiger charge is 2.28. The molecule has 3 N–H and O–H groups in total. The molecule has 2 amide bonds. The third-order valence-electron chi connectivity index (χ3n) is 1.77. The molecule has 0 rings (SSSR count). The van der Waals surface area contributed by atoms with Gasteiger partial charge in [-0.1, -0.05) is 0 Å². The molecule has 0 spiro atoms. The lowest BCUT2D eigenvalue weighted by molar-refractivity contribution is -0.136. The van der Waals surface area contributed by atoms with Crippen molar-refractivity contribution in [2.45, 2.75) is 32.4 Å². The predicted octanol–water partition coefficient (Wildman–Crippen LogP) is -0.599. The van der Waals surface area contributed by atoms with E-state index in [2.05, 4.69) is 5.32 Å². The van der Waals surface area contributed by atoms with E-state index in [1.54, 1.807) is 6.92 Å². The van der Waals surface area contributed by atoms with Crippen LogP contribution in [0.3, 0.4) is 0 Å². The number of rotatable bonds is 4. The smallest absolute Gasteiger partial charge is 0.249 e. The maximum atomic E-state index is 11.3. The number of nitrogens with one attached hydrogen (secondary N) is 1. The molecular weight excluding hydrogens is 172 g/mol. The number of nitrogens with two attached hydrogens (primary N) is 1. The second-order valence-electron chi connectivity index (χ2n) is 3.36. The Morgan fingerprint density at radius 2 is 1.92 bits per heavy atom. The molecule has 0 aliphatic carbocycles. The van der Waals surface area contributed by atoms with Crippen molar-refractivity contribution in [1.82, 2.24) is 5.32 Å². The van der Waals surface area contributed by atoms with Crippen LogP contribution in [-0.4, -0.2) is 30.6 Å². The van der Waals surface area contributed by atoms with E-state index in [9.17, 15) is 9.59 Å². The van der Waals surface area contributed by atoms with E-state index in [-0.39, 0.29) is 5.91 Å². The van der Waals surface area contributed by atoms with Gasteiger partial charge in [0.25, 0.3) is 0 Å². The Kier molecular flexibility index (Phi) is 3.87. The molecule has 0 aliphatic rings. The van der Waals surface area contributed by atoms with Gasteiger partial charge in [-0.25, -0.2) is 0 Å². The fourth-order valence-electron chi connectivity index (χ4n) is 0.578. The number of amides is 2. The summed E-state index contributed by atoms with van der Waals surface area (Å²) in [6.07, 6.45) is -0.585. The van der Waals surface area contributed by atoms with E-state index in [0.29, 0.717) is 0 Å². The number of ether oxygens (including phenoxy) is 1. The van der Waals surface area contributed by atoms with Gasteiger partial charge in [0.2, 0.25) is 11.8 Å². The van der Waals surface area contributed by atoms with Crippen LogP contribution in [0.1, 0.15) is 20.8 Å². The molecule has 5 heteroatoms. The molecule has 0 radical (unpaired) electrons. The van der Waals surface area contributed by atoms with Crippen molar-refractivity contribution in [2.24, 2.45) is 5.73 Å². The lowest BCUT2D eigenvalue weighted by Gasteiger charge is -2.23. The van der Waals surface area contributed by atoms with Gasteiger partial charge in [0, 0.05) is 7.11 Å². The van der Waals surface area contributed by atoms with Crippen LogP contribution in [0.4, 0.5) is 0 Å². The van der Waals surface area contributed by atoms with Gasteiger partial charge in [0.1, 0.15) is 11.6 Å². The zero-order chi connectivity index (χ0) is 10.6. The summed E-state index contributed by atoms with van der Waals surface area (Å²) in [5, 5.41) is 2.47. The molecule has 1 unspecified atom stereocenters. The Hall–Kier alpha value is -1.10. The zero-order valence-electron chi connectivity index (χ0n) is 8.38. The van der Waals surface area contributed by atoms with E-state index in [1.165, 1.54) is 21.0 Å². The maximum Gasteiger partial charge on any atom is 0.249 e. The summed E-state index contributed by atoms with van der Waals surface area (Å²) >= 11 is 0. The molecule has 0 heterocycles. The lowest BCUT2D eigenvalue weighted by atomic mass is 10.0. The third-order valence-corrected chi connectivity index (χ3v) is 1.77. The Labute approximate surface area is 77.6 Å². The normalized spacial score (nSPS) is 13.5.